The summed E-state index contributed by atoms with van der Waals surface area (Å²) in [5, 5.41) is 8.58. The first-order valence-electron chi connectivity index (χ1n) is 8.27. The Balaban J connectivity index is 1.34. The van der Waals surface area contributed by atoms with E-state index < -0.39 is 0 Å². The summed E-state index contributed by atoms with van der Waals surface area (Å²) in [4.78, 5) is 6.21. The lowest BCUT2D eigenvalue weighted by Crippen LogP contribution is -2.38. The Morgan fingerprint density at radius 3 is 2.32 bits per heavy atom. The van der Waals surface area contributed by atoms with Crippen LogP contribution in [0.4, 0.5) is 10.2 Å². The van der Waals surface area contributed by atoms with Gasteiger partial charge in [0.25, 0.3) is 0 Å². The quantitative estimate of drug-likeness (QED) is 0.732. The van der Waals surface area contributed by atoms with E-state index in [1.807, 2.05) is 22.9 Å². The van der Waals surface area contributed by atoms with E-state index in [1.54, 1.807) is 24.7 Å². The van der Waals surface area contributed by atoms with Crippen LogP contribution in [-0.4, -0.2) is 38.9 Å². The average Bonchev–Trinajstić information content (AvgIpc) is 3.19. The van der Waals surface area contributed by atoms with Crippen LogP contribution in [0.1, 0.15) is 12.8 Å². The summed E-state index contributed by atoms with van der Waals surface area (Å²) in [5.74, 6) is 2.07. The number of benzene rings is 1. The molecule has 4 rings (SSSR count). The normalized spacial score (nSPS) is 15.3. The van der Waals surface area contributed by atoms with Gasteiger partial charge in [0, 0.05) is 38.3 Å². The van der Waals surface area contributed by atoms with Gasteiger partial charge in [-0.25, -0.2) is 9.37 Å². The second-order valence-corrected chi connectivity index (χ2v) is 5.98. The fraction of sp³-hybridized carbons (Fsp3) is 0.278. The molecule has 0 N–H and O–H groups in total. The Bertz CT molecular complexity index is 796. The summed E-state index contributed by atoms with van der Waals surface area (Å²) in [6.45, 7) is 1.70. The van der Waals surface area contributed by atoms with E-state index in [0.29, 0.717) is 5.75 Å². The van der Waals surface area contributed by atoms with Gasteiger partial charge in [0.2, 0.25) is 0 Å². The number of piperidine rings is 1. The molecule has 1 aromatic carbocycles. The molecule has 25 heavy (non-hydrogen) atoms. The topological polar surface area (TPSA) is 56.1 Å². The van der Waals surface area contributed by atoms with E-state index in [1.165, 1.54) is 12.1 Å². The Kier molecular flexibility index (Phi) is 4.28. The van der Waals surface area contributed by atoms with E-state index in [-0.39, 0.29) is 11.9 Å². The number of rotatable bonds is 4. The number of halogens is 1. The molecule has 3 aromatic rings. The third-order valence-electron chi connectivity index (χ3n) is 4.29. The molecule has 3 heterocycles. The number of hydrogen-bond donors (Lipinski definition) is 0. The highest BCUT2D eigenvalue weighted by Gasteiger charge is 2.21. The van der Waals surface area contributed by atoms with Gasteiger partial charge in [0.1, 0.15) is 24.0 Å². The minimum absolute atomic E-state index is 0.139. The summed E-state index contributed by atoms with van der Waals surface area (Å²) in [7, 11) is 0. The van der Waals surface area contributed by atoms with Crippen molar-refractivity contribution in [1.82, 2.24) is 19.7 Å². The Morgan fingerprint density at radius 2 is 1.68 bits per heavy atom. The van der Waals surface area contributed by atoms with Crippen molar-refractivity contribution in [3.05, 3.63) is 60.9 Å². The van der Waals surface area contributed by atoms with Crippen LogP contribution in [0.3, 0.4) is 0 Å². The molecular formula is C18H18FN5O. The third-order valence-corrected chi connectivity index (χ3v) is 4.29. The maximum Gasteiger partial charge on any atom is 0.160 e. The average molecular weight is 339 g/mol. The van der Waals surface area contributed by atoms with Gasteiger partial charge < -0.3 is 9.64 Å². The van der Waals surface area contributed by atoms with Gasteiger partial charge in [-0.1, -0.05) is 0 Å². The molecular weight excluding hydrogens is 321 g/mol. The standard InChI is InChI=1S/C18H18FN5O/c19-14-1-3-15(4-2-14)25-16-7-10-23(11-8-16)17-5-6-18(22-21-17)24-12-9-20-13-24/h1-6,9,12-13,16H,7-8,10-11H2. The highest BCUT2D eigenvalue weighted by molar-refractivity contribution is 5.40. The van der Waals surface area contributed by atoms with Crippen LogP contribution in [0.15, 0.2) is 55.1 Å². The number of imidazole rings is 1. The molecule has 1 aliphatic heterocycles. The van der Waals surface area contributed by atoms with Crippen molar-refractivity contribution < 1.29 is 9.13 Å². The maximum absolute atomic E-state index is 12.9. The highest BCUT2D eigenvalue weighted by Crippen LogP contribution is 2.22. The highest BCUT2D eigenvalue weighted by atomic mass is 19.1. The van der Waals surface area contributed by atoms with Crippen LogP contribution >= 0.6 is 0 Å². The predicted molar refractivity (Wildman–Crippen MR) is 91.4 cm³/mol. The van der Waals surface area contributed by atoms with E-state index in [9.17, 15) is 4.39 Å². The molecule has 0 bridgehead atoms. The number of ether oxygens (including phenoxy) is 1. The molecule has 1 saturated heterocycles. The lowest BCUT2D eigenvalue weighted by molar-refractivity contribution is 0.170. The molecule has 0 radical (unpaired) electrons. The van der Waals surface area contributed by atoms with Crippen LogP contribution in [-0.2, 0) is 0 Å². The van der Waals surface area contributed by atoms with Crippen molar-refractivity contribution in [1.29, 1.82) is 0 Å². The van der Waals surface area contributed by atoms with Crippen molar-refractivity contribution in [2.24, 2.45) is 0 Å². The Hall–Kier alpha value is -2.96. The van der Waals surface area contributed by atoms with E-state index in [0.717, 1.165) is 37.6 Å². The van der Waals surface area contributed by atoms with E-state index >= 15 is 0 Å². The molecule has 1 aliphatic rings. The SMILES string of the molecule is Fc1ccc(OC2CCN(c3ccc(-n4ccnc4)nn3)CC2)cc1. The van der Waals surface area contributed by atoms with Gasteiger partial charge in [0.05, 0.1) is 0 Å². The molecule has 0 unspecified atom stereocenters. The van der Waals surface area contributed by atoms with E-state index in [4.69, 9.17) is 4.74 Å². The summed E-state index contributed by atoms with van der Waals surface area (Å²) in [6, 6.07) is 10.1. The Morgan fingerprint density at radius 1 is 0.960 bits per heavy atom. The smallest absolute Gasteiger partial charge is 0.160 e. The van der Waals surface area contributed by atoms with Crippen LogP contribution < -0.4 is 9.64 Å². The number of anilines is 1. The summed E-state index contributed by atoms with van der Waals surface area (Å²) in [5.41, 5.74) is 0. The van der Waals surface area contributed by atoms with Crippen molar-refractivity contribution in [2.75, 3.05) is 18.0 Å². The van der Waals surface area contributed by atoms with E-state index in [2.05, 4.69) is 20.1 Å². The van der Waals surface area contributed by atoms with Gasteiger partial charge in [-0.05, 0) is 36.4 Å². The fourth-order valence-electron chi connectivity index (χ4n) is 2.93. The summed E-state index contributed by atoms with van der Waals surface area (Å²) < 4.78 is 20.7. The molecule has 0 saturated carbocycles. The molecule has 2 aromatic heterocycles. The maximum atomic E-state index is 12.9. The first-order chi connectivity index (χ1) is 12.3. The zero-order chi connectivity index (χ0) is 17.1. The lowest BCUT2D eigenvalue weighted by Gasteiger charge is -2.32. The molecule has 6 nitrogen and oxygen atoms in total. The zero-order valence-electron chi connectivity index (χ0n) is 13.6. The number of nitrogens with zero attached hydrogens (tertiary/aromatic N) is 5. The fourth-order valence-corrected chi connectivity index (χ4v) is 2.93. The van der Waals surface area contributed by atoms with Crippen molar-refractivity contribution in [2.45, 2.75) is 18.9 Å². The minimum Gasteiger partial charge on any atom is -0.490 e. The van der Waals surface area contributed by atoms with Gasteiger partial charge in [-0.2, -0.15) is 0 Å². The Labute approximate surface area is 144 Å². The lowest BCUT2D eigenvalue weighted by atomic mass is 10.1. The molecule has 0 atom stereocenters. The molecule has 7 heteroatoms. The molecule has 0 amide bonds. The second-order valence-electron chi connectivity index (χ2n) is 5.98. The van der Waals surface area contributed by atoms with Gasteiger partial charge in [0.15, 0.2) is 11.6 Å². The summed E-state index contributed by atoms with van der Waals surface area (Å²) >= 11 is 0. The molecule has 1 fully saturated rings. The second kappa shape index (κ2) is 6.88. The molecule has 0 spiro atoms. The largest absolute Gasteiger partial charge is 0.490 e. The zero-order valence-corrected chi connectivity index (χ0v) is 13.6. The van der Waals surface area contributed by atoms with Crippen LogP contribution in [0.25, 0.3) is 5.82 Å². The van der Waals surface area contributed by atoms with Crippen LogP contribution in [0.2, 0.25) is 0 Å². The van der Waals surface area contributed by atoms with Gasteiger partial charge in [-0.3, -0.25) is 4.57 Å². The van der Waals surface area contributed by atoms with Crippen LogP contribution in [0, 0.1) is 5.82 Å². The van der Waals surface area contributed by atoms with Gasteiger partial charge >= 0.3 is 0 Å². The first-order valence-corrected chi connectivity index (χ1v) is 8.27. The predicted octanol–water partition coefficient (Wildman–Crippen LogP) is 2.85. The summed E-state index contributed by atoms with van der Waals surface area (Å²) in [6.07, 6.45) is 7.16. The third kappa shape index (κ3) is 3.60. The molecule has 0 aliphatic carbocycles. The first kappa shape index (κ1) is 15.6. The number of hydrogen-bond acceptors (Lipinski definition) is 5. The monoisotopic (exact) mass is 339 g/mol. The van der Waals surface area contributed by atoms with Crippen LogP contribution in [0.5, 0.6) is 5.75 Å². The van der Waals surface area contributed by atoms with Crippen molar-refractivity contribution in [3.63, 3.8) is 0 Å². The number of aromatic nitrogens is 4. The minimum atomic E-state index is -0.250. The van der Waals surface area contributed by atoms with Gasteiger partial charge in [-0.15, -0.1) is 10.2 Å². The molecule has 128 valence electrons. The van der Waals surface area contributed by atoms with Crippen molar-refractivity contribution in [3.8, 4) is 11.6 Å². The van der Waals surface area contributed by atoms with Crippen molar-refractivity contribution >= 4 is 5.82 Å².